The van der Waals surface area contributed by atoms with Crippen LogP contribution < -0.4 is 15.4 Å². The Morgan fingerprint density at radius 3 is 2.45 bits per heavy atom. The van der Waals surface area contributed by atoms with Crippen molar-refractivity contribution in [1.82, 2.24) is 5.32 Å². The number of hydrogen-bond donors (Lipinski definition) is 4. The zero-order valence-corrected chi connectivity index (χ0v) is 22.6. The number of aliphatic hydroxyl groups is 1. The molecule has 7 heteroatoms. The molecule has 0 aromatic heterocycles. The largest absolute Gasteiger partial charge is 0.488 e. The number of nitriles is 1. The first-order valence-electron chi connectivity index (χ1n) is 13.1. The Morgan fingerprint density at radius 2 is 1.73 bits per heavy atom. The second-order valence-electron chi connectivity index (χ2n) is 9.64. The predicted molar refractivity (Wildman–Crippen MR) is 156 cm³/mol. The number of carboxylic acids is 1. The minimum Gasteiger partial charge on any atom is -0.488 e. The molecule has 4 aromatic rings. The summed E-state index contributed by atoms with van der Waals surface area (Å²) in [4.78, 5) is 11.4. The summed E-state index contributed by atoms with van der Waals surface area (Å²) in [6, 6.07) is 28.8. The molecule has 0 bridgehead atoms. The van der Waals surface area contributed by atoms with Gasteiger partial charge in [-0.25, -0.2) is 0 Å². The van der Waals surface area contributed by atoms with E-state index in [-0.39, 0.29) is 13.2 Å². The lowest BCUT2D eigenvalue weighted by molar-refractivity contribution is -0.140. The van der Waals surface area contributed by atoms with Gasteiger partial charge in [-0.2, -0.15) is 5.26 Å². The van der Waals surface area contributed by atoms with Crippen molar-refractivity contribution < 1.29 is 19.7 Å². The number of aliphatic carboxylic acids is 1. The van der Waals surface area contributed by atoms with Crippen LogP contribution in [0, 0.1) is 25.2 Å². The maximum Gasteiger partial charge on any atom is 0.323 e. The van der Waals surface area contributed by atoms with Gasteiger partial charge in [0.1, 0.15) is 18.4 Å². The number of carboxylic acid groups (broad SMARTS) is 1. The van der Waals surface area contributed by atoms with Gasteiger partial charge in [0.05, 0.1) is 18.2 Å². The highest BCUT2D eigenvalue weighted by molar-refractivity contribution is 5.73. The topological polar surface area (TPSA) is 115 Å². The first kappa shape index (κ1) is 28.4. The Morgan fingerprint density at radius 1 is 0.950 bits per heavy atom. The summed E-state index contributed by atoms with van der Waals surface area (Å²) in [6.07, 6.45) is 0. The Hall–Kier alpha value is -4.64. The van der Waals surface area contributed by atoms with Crippen LogP contribution in [0.1, 0.15) is 33.4 Å². The van der Waals surface area contributed by atoms with Crippen LogP contribution in [-0.4, -0.2) is 28.8 Å². The lowest BCUT2D eigenvalue weighted by atomic mass is 9.96. The van der Waals surface area contributed by atoms with Gasteiger partial charge in [-0.05, 0) is 65.4 Å². The molecule has 4 aromatic carbocycles. The van der Waals surface area contributed by atoms with Crippen molar-refractivity contribution in [2.75, 3.05) is 11.9 Å². The van der Waals surface area contributed by atoms with Crippen molar-refractivity contribution in [2.24, 2.45) is 0 Å². The fourth-order valence-corrected chi connectivity index (χ4v) is 4.56. The number of carbonyl (C=O) groups is 1. The van der Waals surface area contributed by atoms with Gasteiger partial charge in [0.15, 0.2) is 0 Å². The predicted octanol–water partition coefficient (Wildman–Crippen LogP) is 5.57. The third-order valence-electron chi connectivity index (χ3n) is 6.88. The summed E-state index contributed by atoms with van der Waals surface area (Å²) in [5.74, 6) is -0.541. The van der Waals surface area contributed by atoms with E-state index < -0.39 is 18.6 Å². The minimum atomic E-state index is -1.12. The van der Waals surface area contributed by atoms with Gasteiger partial charge in [0, 0.05) is 30.4 Å². The monoisotopic (exact) mass is 535 g/mol. The number of nitrogens with zero attached hydrogens (tertiary/aromatic N) is 1. The molecule has 0 aliphatic rings. The third kappa shape index (κ3) is 7.06. The molecule has 0 spiro atoms. The summed E-state index contributed by atoms with van der Waals surface area (Å²) in [5.41, 5.74) is 8.78. The summed E-state index contributed by atoms with van der Waals surface area (Å²) in [5, 5.41) is 34.4. The number of ether oxygens (including phenoxy) is 1. The van der Waals surface area contributed by atoms with Crippen LogP contribution in [0.25, 0.3) is 11.1 Å². The highest BCUT2D eigenvalue weighted by Crippen LogP contribution is 2.30. The van der Waals surface area contributed by atoms with Gasteiger partial charge in [0.25, 0.3) is 0 Å². The van der Waals surface area contributed by atoms with Gasteiger partial charge < -0.3 is 20.3 Å². The number of anilines is 1. The lowest BCUT2D eigenvalue weighted by Crippen LogP contribution is -2.39. The Balaban J connectivity index is 1.58. The quantitative estimate of drug-likeness (QED) is 0.188. The van der Waals surface area contributed by atoms with E-state index >= 15 is 0 Å². The van der Waals surface area contributed by atoms with Crippen LogP contribution in [0.15, 0.2) is 84.9 Å². The maximum atomic E-state index is 11.4. The molecule has 0 aliphatic heterocycles. The van der Waals surface area contributed by atoms with E-state index in [9.17, 15) is 20.3 Å². The minimum absolute atomic E-state index is 0.199. The smallest absolute Gasteiger partial charge is 0.323 e. The SMILES string of the molecule is Cc1cc(CNC(CO)C(=O)O)c(OCc2cccc(C#N)c2)cc1NCc1cccc(-c2ccccc2)c1C. The second kappa shape index (κ2) is 13.4. The van der Waals surface area contributed by atoms with Crippen LogP contribution in [0.4, 0.5) is 5.69 Å². The number of aryl methyl sites for hydroxylation is 1. The van der Waals surface area contributed by atoms with Crippen LogP contribution in [0.2, 0.25) is 0 Å². The van der Waals surface area contributed by atoms with Crippen molar-refractivity contribution in [3.63, 3.8) is 0 Å². The number of rotatable bonds is 12. The molecule has 0 saturated carbocycles. The molecular formula is C33H33N3O4. The van der Waals surface area contributed by atoms with Gasteiger partial charge in [0.2, 0.25) is 0 Å². The molecule has 1 unspecified atom stereocenters. The number of hydrogen-bond acceptors (Lipinski definition) is 6. The van der Waals surface area contributed by atoms with Crippen molar-refractivity contribution in [3.05, 3.63) is 118 Å². The van der Waals surface area contributed by atoms with E-state index in [0.717, 1.165) is 22.4 Å². The normalized spacial score (nSPS) is 11.4. The summed E-state index contributed by atoms with van der Waals surface area (Å²) in [6.45, 7) is 4.65. The molecule has 0 heterocycles. The van der Waals surface area contributed by atoms with E-state index in [2.05, 4.69) is 54.0 Å². The molecular weight excluding hydrogens is 502 g/mol. The zero-order chi connectivity index (χ0) is 28.5. The van der Waals surface area contributed by atoms with Gasteiger partial charge in [-0.3, -0.25) is 10.1 Å². The molecule has 0 saturated heterocycles. The van der Waals surface area contributed by atoms with Crippen LogP contribution >= 0.6 is 0 Å². The zero-order valence-electron chi connectivity index (χ0n) is 22.6. The molecule has 1 atom stereocenters. The van der Waals surface area contributed by atoms with Crippen molar-refractivity contribution in [3.8, 4) is 22.9 Å². The van der Waals surface area contributed by atoms with Crippen LogP contribution in [0.5, 0.6) is 5.75 Å². The molecule has 0 fully saturated rings. The average molecular weight is 536 g/mol. The summed E-state index contributed by atoms with van der Waals surface area (Å²) >= 11 is 0. The average Bonchev–Trinajstić information content (AvgIpc) is 2.97. The standard InChI is InChI=1S/C33H33N3O4/c1-22-14-28(19-36-31(20-37)33(38)39)32(40-21-25-9-6-8-24(15-25)17-34)16-30(22)35-18-27-12-7-13-29(23(27)2)26-10-4-3-5-11-26/h3-16,31,35-37H,18-21H2,1-2H3,(H,38,39). The third-order valence-corrected chi connectivity index (χ3v) is 6.88. The molecule has 7 nitrogen and oxygen atoms in total. The maximum absolute atomic E-state index is 11.4. The Kier molecular flexibility index (Phi) is 9.53. The first-order chi connectivity index (χ1) is 19.4. The van der Waals surface area contributed by atoms with Gasteiger partial charge in [-0.1, -0.05) is 60.7 Å². The molecule has 0 radical (unpaired) electrons. The molecule has 40 heavy (non-hydrogen) atoms. The van der Waals surface area contributed by atoms with E-state index in [1.165, 1.54) is 22.3 Å². The summed E-state index contributed by atoms with van der Waals surface area (Å²) < 4.78 is 6.20. The van der Waals surface area contributed by atoms with Crippen LogP contribution in [0.3, 0.4) is 0 Å². The fourth-order valence-electron chi connectivity index (χ4n) is 4.56. The fraction of sp³-hybridized carbons (Fsp3) is 0.212. The van der Waals surface area contributed by atoms with E-state index in [1.54, 1.807) is 12.1 Å². The molecule has 204 valence electrons. The number of aliphatic hydroxyl groups excluding tert-OH is 1. The highest BCUT2D eigenvalue weighted by atomic mass is 16.5. The Labute approximate surface area is 234 Å². The van der Waals surface area contributed by atoms with Gasteiger partial charge in [-0.15, -0.1) is 0 Å². The number of nitrogens with one attached hydrogen (secondary N) is 2. The highest BCUT2D eigenvalue weighted by Gasteiger charge is 2.17. The van der Waals surface area contributed by atoms with E-state index in [1.807, 2.05) is 49.4 Å². The van der Waals surface area contributed by atoms with Crippen molar-refractivity contribution in [1.29, 1.82) is 5.26 Å². The van der Waals surface area contributed by atoms with Crippen LogP contribution in [-0.2, 0) is 24.5 Å². The number of benzene rings is 4. The lowest BCUT2D eigenvalue weighted by Gasteiger charge is -2.19. The van der Waals surface area contributed by atoms with Gasteiger partial charge >= 0.3 is 5.97 Å². The first-order valence-corrected chi connectivity index (χ1v) is 13.1. The summed E-state index contributed by atoms with van der Waals surface area (Å²) in [7, 11) is 0. The molecule has 0 amide bonds. The van der Waals surface area contributed by atoms with E-state index in [4.69, 9.17) is 4.74 Å². The molecule has 4 rings (SSSR count). The Bertz CT molecular complexity index is 1510. The van der Waals surface area contributed by atoms with E-state index in [0.29, 0.717) is 17.9 Å². The molecule has 4 N–H and O–H groups in total. The molecule has 0 aliphatic carbocycles. The second-order valence-corrected chi connectivity index (χ2v) is 9.64. The van der Waals surface area contributed by atoms with Crippen molar-refractivity contribution in [2.45, 2.75) is 39.6 Å². The van der Waals surface area contributed by atoms with Crippen molar-refractivity contribution >= 4 is 11.7 Å².